The molecule has 4 rings (SSSR count). The first kappa shape index (κ1) is 18.3. The van der Waals surface area contributed by atoms with Crippen LogP contribution >= 0.6 is 11.3 Å². The second-order valence-corrected chi connectivity index (χ2v) is 9.48. The number of rotatable bonds is 4. The monoisotopic (exact) mass is 403 g/mol. The molecule has 0 bridgehead atoms. The molecule has 3 heterocycles. The molecule has 0 atom stereocenters. The highest BCUT2D eigenvalue weighted by Crippen LogP contribution is 2.26. The summed E-state index contributed by atoms with van der Waals surface area (Å²) in [6, 6.07) is 5.05. The van der Waals surface area contributed by atoms with Crippen LogP contribution in [0.5, 0.6) is 0 Å². The zero-order chi connectivity index (χ0) is 18.9. The van der Waals surface area contributed by atoms with Crippen LogP contribution in [0.2, 0.25) is 0 Å². The molecule has 0 aliphatic carbocycles. The van der Waals surface area contributed by atoms with Gasteiger partial charge >= 0.3 is 0 Å². The van der Waals surface area contributed by atoms with Crippen molar-refractivity contribution in [3.05, 3.63) is 41.1 Å². The minimum atomic E-state index is -3.28. The molecule has 2 aromatic heterocycles. The Bertz CT molecular complexity index is 1040. The Morgan fingerprint density at radius 3 is 2.78 bits per heavy atom. The molecular formula is C18H21N5O2S2. The van der Waals surface area contributed by atoms with Gasteiger partial charge in [-0.15, -0.1) is 11.3 Å². The summed E-state index contributed by atoms with van der Waals surface area (Å²) in [5.41, 5.74) is 3.74. The van der Waals surface area contributed by atoms with Crippen molar-refractivity contribution in [1.82, 2.24) is 19.9 Å². The highest BCUT2D eigenvalue weighted by Gasteiger charge is 2.19. The van der Waals surface area contributed by atoms with Crippen molar-refractivity contribution < 1.29 is 8.42 Å². The van der Waals surface area contributed by atoms with Gasteiger partial charge in [0, 0.05) is 49.7 Å². The van der Waals surface area contributed by atoms with Gasteiger partial charge in [-0.1, -0.05) is 0 Å². The lowest BCUT2D eigenvalue weighted by Gasteiger charge is -2.23. The second kappa shape index (κ2) is 7.49. The van der Waals surface area contributed by atoms with Crippen molar-refractivity contribution in [2.24, 2.45) is 0 Å². The maximum atomic E-state index is 11.9. The number of anilines is 1. The average molecular weight is 404 g/mol. The Morgan fingerprint density at radius 2 is 2.00 bits per heavy atom. The quantitative estimate of drug-likeness (QED) is 0.661. The van der Waals surface area contributed by atoms with E-state index in [9.17, 15) is 8.42 Å². The predicted octanol–water partition coefficient (Wildman–Crippen LogP) is 2.20. The van der Waals surface area contributed by atoms with Crippen LogP contribution in [-0.2, 0) is 16.4 Å². The summed E-state index contributed by atoms with van der Waals surface area (Å²) >= 11 is 1.62. The highest BCUT2D eigenvalue weighted by molar-refractivity contribution is 7.90. The molecule has 0 amide bonds. The summed E-state index contributed by atoms with van der Waals surface area (Å²) in [6.45, 7) is 4.49. The van der Waals surface area contributed by atoms with Crippen LogP contribution in [0, 0.1) is 0 Å². The van der Waals surface area contributed by atoms with Crippen molar-refractivity contribution in [3.8, 4) is 0 Å². The van der Waals surface area contributed by atoms with Crippen LogP contribution in [0.1, 0.15) is 12.1 Å². The van der Waals surface area contributed by atoms with Gasteiger partial charge in [0.05, 0.1) is 21.6 Å². The zero-order valence-corrected chi connectivity index (χ0v) is 16.7. The highest BCUT2D eigenvalue weighted by atomic mass is 32.2. The van der Waals surface area contributed by atoms with Gasteiger partial charge in [-0.3, -0.25) is 4.90 Å². The number of sulfone groups is 1. The lowest BCUT2D eigenvalue weighted by atomic mass is 10.2. The van der Waals surface area contributed by atoms with Gasteiger partial charge in [0.2, 0.25) is 0 Å². The van der Waals surface area contributed by atoms with E-state index in [2.05, 4.69) is 30.1 Å². The summed E-state index contributed by atoms with van der Waals surface area (Å²) in [5.74, 6) is 0.806. The van der Waals surface area contributed by atoms with Crippen LogP contribution in [0.4, 0.5) is 5.82 Å². The fourth-order valence-corrected chi connectivity index (χ4v) is 4.59. The first-order valence-electron chi connectivity index (χ1n) is 8.80. The molecule has 0 N–H and O–H groups in total. The number of hydrogen-bond donors (Lipinski definition) is 0. The average Bonchev–Trinajstić information content (AvgIpc) is 3.05. The van der Waals surface area contributed by atoms with Crippen molar-refractivity contribution in [2.75, 3.05) is 37.3 Å². The summed E-state index contributed by atoms with van der Waals surface area (Å²) in [4.78, 5) is 18.1. The number of benzene rings is 1. The van der Waals surface area contributed by atoms with Gasteiger partial charge in [0.15, 0.2) is 9.84 Å². The standard InChI is InChI=1S/C18H21N5O2S2/c1-27(24,25)15-3-4-17-16(9-15)18(20-12-19-17)23-6-2-5-22(7-8-23)10-14-11-26-13-21-14/h3-4,9,11-13H,2,5-8,10H2,1H3. The zero-order valence-electron chi connectivity index (χ0n) is 15.1. The third kappa shape index (κ3) is 4.10. The first-order valence-corrected chi connectivity index (χ1v) is 11.6. The van der Waals surface area contributed by atoms with E-state index < -0.39 is 9.84 Å². The lowest BCUT2D eigenvalue weighted by Crippen LogP contribution is -2.31. The third-order valence-corrected chi connectivity index (χ3v) is 6.52. The third-order valence-electron chi connectivity index (χ3n) is 4.77. The number of hydrogen-bond acceptors (Lipinski definition) is 8. The topological polar surface area (TPSA) is 79.3 Å². The molecule has 0 radical (unpaired) electrons. The molecule has 9 heteroatoms. The summed E-state index contributed by atoms with van der Waals surface area (Å²) in [7, 11) is -3.28. The van der Waals surface area contributed by atoms with Gasteiger partial charge < -0.3 is 4.90 Å². The summed E-state index contributed by atoms with van der Waals surface area (Å²) in [6.07, 6.45) is 3.79. The van der Waals surface area contributed by atoms with Crippen LogP contribution in [0.25, 0.3) is 10.9 Å². The van der Waals surface area contributed by atoms with Gasteiger partial charge in [-0.25, -0.2) is 23.4 Å². The van der Waals surface area contributed by atoms with E-state index in [4.69, 9.17) is 0 Å². The van der Waals surface area contributed by atoms with E-state index >= 15 is 0 Å². The molecule has 1 fully saturated rings. The maximum absolute atomic E-state index is 11.9. The van der Waals surface area contributed by atoms with E-state index in [-0.39, 0.29) is 0 Å². The van der Waals surface area contributed by atoms with Crippen LogP contribution in [0.15, 0.2) is 40.3 Å². The van der Waals surface area contributed by atoms with Crippen molar-refractivity contribution in [2.45, 2.75) is 17.9 Å². The molecule has 27 heavy (non-hydrogen) atoms. The Kier molecular flexibility index (Phi) is 5.07. The molecule has 0 spiro atoms. The summed E-state index contributed by atoms with van der Waals surface area (Å²) < 4.78 is 23.9. The first-order chi connectivity index (χ1) is 13.0. The maximum Gasteiger partial charge on any atom is 0.175 e. The Balaban J connectivity index is 1.60. The van der Waals surface area contributed by atoms with E-state index in [0.29, 0.717) is 4.90 Å². The van der Waals surface area contributed by atoms with Crippen LogP contribution in [0.3, 0.4) is 0 Å². The fourth-order valence-electron chi connectivity index (χ4n) is 3.39. The Labute approximate surface area is 162 Å². The number of aromatic nitrogens is 3. The molecule has 0 saturated carbocycles. The van der Waals surface area contributed by atoms with Crippen molar-refractivity contribution in [3.63, 3.8) is 0 Å². The van der Waals surface area contributed by atoms with Gasteiger partial charge in [-0.2, -0.15) is 0 Å². The van der Waals surface area contributed by atoms with Gasteiger partial charge in [-0.05, 0) is 24.6 Å². The molecule has 1 aliphatic rings. The van der Waals surface area contributed by atoms with Crippen molar-refractivity contribution in [1.29, 1.82) is 0 Å². The van der Waals surface area contributed by atoms with E-state index in [1.807, 2.05) is 5.51 Å². The lowest BCUT2D eigenvalue weighted by molar-refractivity contribution is 0.282. The largest absolute Gasteiger partial charge is 0.355 e. The van der Waals surface area contributed by atoms with Crippen LogP contribution < -0.4 is 4.90 Å². The molecule has 1 aromatic carbocycles. The fraction of sp³-hybridized carbons (Fsp3) is 0.389. The second-order valence-electron chi connectivity index (χ2n) is 6.74. The van der Waals surface area contributed by atoms with Crippen LogP contribution in [-0.4, -0.2) is 60.7 Å². The molecule has 1 aliphatic heterocycles. The molecule has 142 valence electrons. The molecule has 7 nitrogen and oxygen atoms in total. The van der Waals surface area contributed by atoms with Gasteiger partial charge in [0.25, 0.3) is 0 Å². The normalized spacial score (nSPS) is 16.6. The molecule has 0 unspecified atom stereocenters. The number of thiazole rings is 1. The minimum Gasteiger partial charge on any atom is -0.355 e. The molecule has 1 saturated heterocycles. The molecular weight excluding hydrogens is 382 g/mol. The molecule has 3 aromatic rings. The van der Waals surface area contributed by atoms with E-state index in [0.717, 1.165) is 61.6 Å². The number of nitrogens with zero attached hydrogens (tertiary/aromatic N) is 5. The van der Waals surface area contributed by atoms with E-state index in [1.54, 1.807) is 35.9 Å². The number of fused-ring (bicyclic) bond motifs is 1. The Hall–Kier alpha value is -2.10. The predicted molar refractivity (Wildman–Crippen MR) is 107 cm³/mol. The Morgan fingerprint density at radius 1 is 1.11 bits per heavy atom. The van der Waals surface area contributed by atoms with E-state index in [1.165, 1.54) is 6.26 Å². The minimum absolute atomic E-state index is 0.297. The van der Waals surface area contributed by atoms with Crippen molar-refractivity contribution >= 4 is 37.9 Å². The van der Waals surface area contributed by atoms with Gasteiger partial charge in [0.1, 0.15) is 12.1 Å². The smallest absolute Gasteiger partial charge is 0.175 e. The SMILES string of the molecule is CS(=O)(=O)c1ccc2ncnc(N3CCCN(Cc4cscn4)CC3)c2c1. The summed E-state index contributed by atoms with van der Waals surface area (Å²) in [5, 5.41) is 2.88.